The van der Waals surface area contributed by atoms with Gasteiger partial charge in [-0.15, -0.1) is 0 Å². The minimum atomic E-state index is 0.565. The third-order valence-corrected chi connectivity index (χ3v) is 3.34. The molecule has 2 N–H and O–H groups in total. The van der Waals surface area contributed by atoms with Gasteiger partial charge in [-0.25, -0.2) is 4.98 Å². The summed E-state index contributed by atoms with van der Waals surface area (Å²) in [6.07, 6.45) is 2.78. The van der Waals surface area contributed by atoms with Gasteiger partial charge in [0.15, 0.2) is 5.96 Å². The van der Waals surface area contributed by atoms with Gasteiger partial charge in [0.05, 0.1) is 13.2 Å². The number of nitrogens with zero attached hydrogens (tertiary/aromatic N) is 2. The average Bonchev–Trinajstić information content (AvgIpc) is 2.67. The Morgan fingerprint density at radius 2 is 1.88 bits per heavy atom. The zero-order valence-corrected chi connectivity index (χ0v) is 14.9. The molecular formula is C19H26N4O2. The third kappa shape index (κ3) is 7.12. The molecule has 0 atom stereocenters. The second-order valence-electron chi connectivity index (χ2n) is 5.37. The molecular weight excluding hydrogens is 316 g/mol. The number of nitrogens with one attached hydrogen (secondary N) is 2. The first-order chi connectivity index (χ1) is 12.3. The summed E-state index contributed by atoms with van der Waals surface area (Å²) in [5.74, 6) is 2.25. The summed E-state index contributed by atoms with van der Waals surface area (Å²) in [5.41, 5.74) is 1.06. The number of hydrogen-bond donors (Lipinski definition) is 2. The molecule has 1 aromatic heterocycles. The van der Waals surface area contributed by atoms with Crippen LogP contribution in [0.15, 0.2) is 53.7 Å². The van der Waals surface area contributed by atoms with E-state index in [2.05, 4.69) is 27.5 Å². The Kier molecular flexibility index (Phi) is 8.11. The Bertz CT molecular complexity index is 630. The minimum Gasteiger partial charge on any atom is -0.492 e. The van der Waals surface area contributed by atoms with Gasteiger partial charge in [0.1, 0.15) is 12.4 Å². The van der Waals surface area contributed by atoms with Crippen molar-refractivity contribution in [2.45, 2.75) is 19.9 Å². The Balaban J connectivity index is 1.67. The van der Waals surface area contributed by atoms with Gasteiger partial charge in [-0.05, 0) is 24.1 Å². The molecule has 0 amide bonds. The van der Waals surface area contributed by atoms with Gasteiger partial charge < -0.3 is 20.1 Å². The highest BCUT2D eigenvalue weighted by atomic mass is 16.5. The number of hydrogen-bond acceptors (Lipinski definition) is 4. The molecule has 25 heavy (non-hydrogen) atoms. The zero-order valence-electron chi connectivity index (χ0n) is 14.9. The van der Waals surface area contributed by atoms with Crippen LogP contribution in [-0.4, -0.2) is 37.7 Å². The summed E-state index contributed by atoms with van der Waals surface area (Å²) in [4.78, 5) is 8.49. The highest BCUT2D eigenvalue weighted by molar-refractivity contribution is 5.79. The van der Waals surface area contributed by atoms with Gasteiger partial charge in [-0.2, -0.15) is 0 Å². The lowest BCUT2D eigenvalue weighted by Crippen LogP contribution is -2.38. The van der Waals surface area contributed by atoms with Crippen molar-refractivity contribution >= 4 is 5.96 Å². The molecule has 6 heteroatoms. The van der Waals surface area contributed by atoms with Crippen LogP contribution in [0.25, 0.3) is 0 Å². The van der Waals surface area contributed by atoms with E-state index >= 15 is 0 Å². The summed E-state index contributed by atoms with van der Waals surface area (Å²) in [5, 5.41) is 6.47. The van der Waals surface area contributed by atoms with E-state index in [1.54, 1.807) is 7.05 Å². The number of aromatic nitrogens is 1. The van der Waals surface area contributed by atoms with E-state index in [-0.39, 0.29) is 0 Å². The molecule has 0 aliphatic carbocycles. The van der Waals surface area contributed by atoms with E-state index < -0.39 is 0 Å². The van der Waals surface area contributed by atoms with Crippen LogP contribution < -0.4 is 20.1 Å². The largest absolute Gasteiger partial charge is 0.492 e. The summed E-state index contributed by atoms with van der Waals surface area (Å²) < 4.78 is 11.1. The number of guanidine groups is 1. The lowest BCUT2D eigenvalue weighted by Gasteiger charge is -2.12. The minimum absolute atomic E-state index is 0.565. The molecule has 0 saturated carbocycles. The predicted molar refractivity (Wildman–Crippen MR) is 100 cm³/mol. The Morgan fingerprint density at radius 3 is 2.56 bits per heavy atom. The van der Waals surface area contributed by atoms with Crippen molar-refractivity contribution in [3.05, 3.63) is 54.2 Å². The molecule has 134 valence electrons. The number of rotatable bonds is 9. The van der Waals surface area contributed by atoms with E-state index in [0.29, 0.717) is 32.2 Å². The molecule has 0 fully saturated rings. The van der Waals surface area contributed by atoms with Crippen LogP contribution in [0.3, 0.4) is 0 Å². The molecule has 0 bridgehead atoms. The molecule has 1 aromatic carbocycles. The van der Waals surface area contributed by atoms with E-state index in [9.17, 15) is 0 Å². The van der Waals surface area contributed by atoms with Gasteiger partial charge >= 0.3 is 0 Å². The van der Waals surface area contributed by atoms with Gasteiger partial charge in [-0.1, -0.05) is 31.2 Å². The van der Waals surface area contributed by atoms with Crippen molar-refractivity contribution in [1.29, 1.82) is 0 Å². The van der Waals surface area contributed by atoms with Crippen LogP contribution in [0, 0.1) is 0 Å². The maximum absolute atomic E-state index is 5.64. The lowest BCUT2D eigenvalue weighted by molar-refractivity contribution is 0.305. The molecule has 0 unspecified atom stereocenters. The molecule has 6 nitrogen and oxygen atoms in total. The van der Waals surface area contributed by atoms with E-state index in [1.807, 2.05) is 48.7 Å². The maximum Gasteiger partial charge on any atom is 0.213 e. The molecule has 0 saturated heterocycles. The van der Waals surface area contributed by atoms with Crippen LogP contribution in [0.4, 0.5) is 0 Å². The van der Waals surface area contributed by atoms with Crippen LogP contribution in [0.5, 0.6) is 11.6 Å². The van der Waals surface area contributed by atoms with E-state index in [1.165, 1.54) is 0 Å². The smallest absolute Gasteiger partial charge is 0.213 e. The van der Waals surface area contributed by atoms with Crippen molar-refractivity contribution < 1.29 is 9.47 Å². The number of pyridine rings is 1. The van der Waals surface area contributed by atoms with Crippen LogP contribution in [0.1, 0.15) is 18.9 Å². The Hall–Kier alpha value is -2.76. The SMILES string of the molecule is CCCOc1ccc(CNC(=NC)NCCOc2ccccc2)cn1. The topological polar surface area (TPSA) is 67.8 Å². The lowest BCUT2D eigenvalue weighted by atomic mass is 10.3. The highest BCUT2D eigenvalue weighted by Gasteiger charge is 2.00. The normalized spacial score (nSPS) is 11.0. The van der Waals surface area contributed by atoms with Crippen molar-refractivity contribution in [2.24, 2.45) is 4.99 Å². The molecule has 0 spiro atoms. The van der Waals surface area contributed by atoms with Crippen molar-refractivity contribution in [2.75, 3.05) is 26.8 Å². The Labute approximate surface area is 149 Å². The standard InChI is InChI=1S/C19H26N4O2/c1-3-12-25-18-10-9-16(14-22-18)15-23-19(20-2)21-11-13-24-17-7-5-4-6-8-17/h4-10,14H,3,11-13,15H2,1-2H3,(H2,20,21,23). The maximum atomic E-state index is 5.64. The fraction of sp³-hybridized carbons (Fsp3) is 0.368. The molecule has 1 heterocycles. The van der Waals surface area contributed by atoms with E-state index in [0.717, 1.165) is 23.7 Å². The predicted octanol–water partition coefficient (Wildman–Crippen LogP) is 2.61. The molecule has 0 aliphatic rings. The van der Waals surface area contributed by atoms with Crippen LogP contribution >= 0.6 is 0 Å². The molecule has 2 aromatic rings. The van der Waals surface area contributed by atoms with Crippen LogP contribution in [-0.2, 0) is 6.54 Å². The van der Waals surface area contributed by atoms with Crippen molar-refractivity contribution in [3.63, 3.8) is 0 Å². The average molecular weight is 342 g/mol. The number of benzene rings is 1. The zero-order chi connectivity index (χ0) is 17.7. The second-order valence-corrected chi connectivity index (χ2v) is 5.37. The highest BCUT2D eigenvalue weighted by Crippen LogP contribution is 2.08. The van der Waals surface area contributed by atoms with Crippen molar-refractivity contribution in [1.82, 2.24) is 15.6 Å². The number of aliphatic imine (C=N–C) groups is 1. The first kappa shape index (κ1) is 18.6. The third-order valence-electron chi connectivity index (χ3n) is 3.34. The summed E-state index contributed by atoms with van der Waals surface area (Å²) in [7, 11) is 1.74. The number of para-hydroxylation sites is 1. The second kappa shape index (κ2) is 10.9. The fourth-order valence-corrected chi connectivity index (χ4v) is 2.07. The quantitative estimate of drug-likeness (QED) is 0.416. The van der Waals surface area contributed by atoms with Gasteiger partial charge in [-0.3, -0.25) is 4.99 Å². The van der Waals surface area contributed by atoms with Crippen LogP contribution in [0.2, 0.25) is 0 Å². The first-order valence-electron chi connectivity index (χ1n) is 8.52. The molecule has 0 aliphatic heterocycles. The van der Waals surface area contributed by atoms with Gasteiger partial charge in [0, 0.05) is 25.9 Å². The molecule has 2 rings (SSSR count). The van der Waals surface area contributed by atoms with Gasteiger partial charge in [0.2, 0.25) is 5.88 Å². The molecule has 0 radical (unpaired) electrons. The monoisotopic (exact) mass is 342 g/mol. The first-order valence-corrected chi connectivity index (χ1v) is 8.52. The van der Waals surface area contributed by atoms with Gasteiger partial charge in [0.25, 0.3) is 0 Å². The summed E-state index contributed by atoms with van der Waals surface area (Å²) in [6.45, 7) is 4.63. The summed E-state index contributed by atoms with van der Waals surface area (Å²) in [6, 6.07) is 13.6. The van der Waals surface area contributed by atoms with Crippen molar-refractivity contribution in [3.8, 4) is 11.6 Å². The number of ether oxygens (including phenoxy) is 2. The van der Waals surface area contributed by atoms with E-state index in [4.69, 9.17) is 9.47 Å². The Morgan fingerprint density at radius 1 is 1.04 bits per heavy atom. The fourth-order valence-electron chi connectivity index (χ4n) is 2.07. The summed E-state index contributed by atoms with van der Waals surface area (Å²) >= 11 is 0.